The number of fused-ring (bicyclic) bond motifs is 1. The molecule has 2 fully saturated rings. The van der Waals surface area contributed by atoms with Crippen molar-refractivity contribution in [2.75, 3.05) is 31.5 Å². The molecule has 0 bridgehead atoms. The third-order valence-electron chi connectivity index (χ3n) is 7.21. The first-order chi connectivity index (χ1) is 16.9. The maximum Gasteiger partial charge on any atom is 0.243 e. The molecule has 2 aromatic carbocycles. The first kappa shape index (κ1) is 24.6. The van der Waals surface area contributed by atoms with Crippen LogP contribution >= 0.6 is 15.9 Å². The summed E-state index contributed by atoms with van der Waals surface area (Å²) in [6.07, 6.45) is 6.19. The van der Waals surface area contributed by atoms with Gasteiger partial charge in [0, 0.05) is 42.1 Å². The Bertz CT molecular complexity index is 1270. The molecule has 1 saturated heterocycles. The minimum Gasteiger partial charge on any atom is -0.367 e. The molecule has 3 aromatic rings. The van der Waals surface area contributed by atoms with Crippen molar-refractivity contribution in [1.82, 2.24) is 19.2 Å². The molecule has 1 saturated carbocycles. The van der Waals surface area contributed by atoms with Gasteiger partial charge in [-0.15, -0.1) is 0 Å². The van der Waals surface area contributed by atoms with Crippen molar-refractivity contribution in [1.29, 1.82) is 0 Å². The lowest BCUT2D eigenvalue weighted by Crippen LogP contribution is -2.49. The van der Waals surface area contributed by atoms with Crippen LogP contribution in [0.1, 0.15) is 50.9 Å². The predicted octanol–water partition coefficient (Wildman–Crippen LogP) is 5.20. The fourth-order valence-corrected chi connectivity index (χ4v) is 6.77. The van der Waals surface area contributed by atoms with E-state index in [2.05, 4.69) is 39.1 Å². The van der Waals surface area contributed by atoms with Crippen LogP contribution in [-0.4, -0.2) is 59.8 Å². The van der Waals surface area contributed by atoms with E-state index in [-0.39, 0.29) is 6.04 Å². The average molecular weight is 559 g/mol. The van der Waals surface area contributed by atoms with Crippen molar-refractivity contribution in [2.24, 2.45) is 0 Å². The summed E-state index contributed by atoms with van der Waals surface area (Å²) < 4.78 is 28.6. The Balaban J connectivity index is 1.32. The van der Waals surface area contributed by atoms with Crippen molar-refractivity contribution in [3.05, 3.63) is 58.8 Å². The molecule has 1 atom stereocenters. The molecule has 0 spiro atoms. The number of nitrogens with zero attached hydrogens (tertiary/aromatic N) is 4. The molecule has 35 heavy (non-hydrogen) atoms. The quantitative estimate of drug-likeness (QED) is 0.448. The number of aromatic nitrogens is 2. The van der Waals surface area contributed by atoms with Crippen molar-refractivity contribution >= 4 is 42.7 Å². The Hall–Kier alpha value is -2.07. The number of sulfonamides is 1. The van der Waals surface area contributed by atoms with E-state index >= 15 is 0 Å². The number of anilines is 1. The topological polar surface area (TPSA) is 78.4 Å². The number of para-hydroxylation sites is 1. The van der Waals surface area contributed by atoms with Crippen LogP contribution in [-0.2, 0) is 10.0 Å². The molecule has 1 aliphatic heterocycles. The molecule has 186 valence electrons. The SMILES string of the molecule is C[C@@H](c1nc(NC2CCCCC2)c2ccccc2n1)N1CCN(S(=O)(=O)c2ccc(Br)cc2)CC1. The standard InChI is InChI=1S/C26H32BrN5O2S/c1-19(31-15-17-32(18-16-31)35(33,34)22-13-11-20(27)12-14-22)25-29-24-10-6-5-9-23(24)26(30-25)28-21-7-3-2-4-8-21/h5-6,9-14,19,21H,2-4,7-8,15-18H2,1H3,(H,28,29,30)/t19-/m0/s1. The average Bonchev–Trinajstić information content (AvgIpc) is 2.89. The van der Waals surface area contributed by atoms with Crippen LogP contribution in [0, 0.1) is 0 Å². The van der Waals surface area contributed by atoms with Crippen LogP contribution in [0.15, 0.2) is 57.9 Å². The van der Waals surface area contributed by atoms with Crippen LogP contribution in [0.3, 0.4) is 0 Å². The fourth-order valence-electron chi connectivity index (χ4n) is 5.08. The maximum absolute atomic E-state index is 13.1. The molecule has 0 radical (unpaired) electrons. The summed E-state index contributed by atoms with van der Waals surface area (Å²) in [6, 6.07) is 15.5. The zero-order valence-corrected chi connectivity index (χ0v) is 22.4. The highest BCUT2D eigenvalue weighted by atomic mass is 79.9. The Labute approximate surface area is 216 Å². The van der Waals surface area contributed by atoms with Gasteiger partial charge in [0.25, 0.3) is 0 Å². The maximum atomic E-state index is 13.1. The number of rotatable bonds is 6. The highest BCUT2D eigenvalue weighted by Gasteiger charge is 2.31. The Kier molecular flexibility index (Phi) is 7.39. The van der Waals surface area contributed by atoms with E-state index in [9.17, 15) is 8.42 Å². The fraction of sp³-hybridized carbons (Fsp3) is 0.462. The second-order valence-electron chi connectivity index (χ2n) is 9.50. The lowest BCUT2D eigenvalue weighted by atomic mass is 9.95. The summed E-state index contributed by atoms with van der Waals surface area (Å²) in [7, 11) is -3.50. The molecule has 0 unspecified atom stereocenters. The molecular formula is C26H32BrN5O2S. The van der Waals surface area contributed by atoms with Crippen molar-refractivity contribution in [2.45, 2.75) is 56.0 Å². The second-order valence-corrected chi connectivity index (χ2v) is 12.4. The lowest BCUT2D eigenvalue weighted by Gasteiger charge is -2.37. The van der Waals surface area contributed by atoms with Gasteiger partial charge in [-0.2, -0.15) is 4.31 Å². The van der Waals surface area contributed by atoms with Crippen LogP contribution in [0.25, 0.3) is 10.9 Å². The van der Waals surface area contributed by atoms with E-state index in [0.29, 0.717) is 37.1 Å². The highest BCUT2D eigenvalue weighted by molar-refractivity contribution is 9.10. The molecular weight excluding hydrogens is 526 g/mol. The normalized spacial score (nSPS) is 19.6. The van der Waals surface area contributed by atoms with Crippen LogP contribution in [0.4, 0.5) is 5.82 Å². The van der Waals surface area contributed by atoms with E-state index < -0.39 is 10.0 Å². The van der Waals surface area contributed by atoms with Gasteiger partial charge in [-0.3, -0.25) is 4.90 Å². The third kappa shape index (κ3) is 5.38. The molecule has 2 aliphatic rings. The molecule has 1 aliphatic carbocycles. The largest absolute Gasteiger partial charge is 0.367 e. The molecule has 7 nitrogen and oxygen atoms in total. The zero-order chi connectivity index (χ0) is 24.4. The van der Waals surface area contributed by atoms with E-state index in [1.54, 1.807) is 28.6 Å². The van der Waals surface area contributed by atoms with Crippen molar-refractivity contribution in [3.63, 3.8) is 0 Å². The minimum atomic E-state index is -3.50. The Morgan fingerprint density at radius 1 is 0.943 bits per heavy atom. The summed E-state index contributed by atoms with van der Waals surface area (Å²) in [4.78, 5) is 12.5. The van der Waals surface area contributed by atoms with Crippen molar-refractivity contribution < 1.29 is 8.42 Å². The lowest BCUT2D eigenvalue weighted by molar-refractivity contribution is 0.141. The van der Waals surface area contributed by atoms with Crippen LogP contribution < -0.4 is 5.32 Å². The molecule has 5 rings (SSSR count). The Morgan fingerprint density at radius 3 is 2.34 bits per heavy atom. The number of benzene rings is 2. The van der Waals surface area contributed by atoms with Gasteiger partial charge < -0.3 is 5.32 Å². The summed E-state index contributed by atoms with van der Waals surface area (Å²) in [6.45, 7) is 4.29. The van der Waals surface area contributed by atoms with Crippen molar-refractivity contribution in [3.8, 4) is 0 Å². The molecule has 1 aromatic heterocycles. The number of hydrogen-bond donors (Lipinski definition) is 1. The van der Waals surface area contributed by atoms with Gasteiger partial charge in [0.15, 0.2) is 0 Å². The second kappa shape index (κ2) is 10.5. The first-order valence-corrected chi connectivity index (χ1v) is 14.7. The van der Waals surface area contributed by atoms with E-state index in [4.69, 9.17) is 9.97 Å². The van der Waals surface area contributed by atoms with E-state index in [1.165, 1.54) is 32.1 Å². The summed E-state index contributed by atoms with van der Waals surface area (Å²) in [5, 5.41) is 4.77. The van der Waals surface area contributed by atoms with Gasteiger partial charge in [0.1, 0.15) is 11.6 Å². The van der Waals surface area contributed by atoms with Gasteiger partial charge in [-0.1, -0.05) is 47.3 Å². The van der Waals surface area contributed by atoms with Gasteiger partial charge in [-0.25, -0.2) is 18.4 Å². The Morgan fingerprint density at radius 2 is 1.63 bits per heavy atom. The van der Waals surface area contributed by atoms with Gasteiger partial charge >= 0.3 is 0 Å². The summed E-state index contributed by atoms with van der Waals surface area (Å²) in [5.74, 6) is 1.70. The van der Waals surface area contributed by atoms with E-state index in [0.717, 1.165) is 27.0 Å². The number of nitrogens with one attached hydrogen (secondary N) is 1. The third-order valence-corrected chi connectivity index (χ3v) is 9.65. The molecule has 1 N–H and O–H groups in total. The number of hydrogen-bond acceptors (Lipinski definition) is 6. The summed E-state index contributed by atoms with van der Waals surface area (Å²) >= 11 is 3.37. The highest BCUT2D eigenvalue weighted by Crippen LogP contribution is 2.29. The van der Waals surface area contributed by atoms with Gasteiger partial charge in [0.2, 0.25) is 10.0 Å². The van der Waals surface area contributed by atoms with Crippen LogP contribution in [0.2, 0.25) is 0 Å². The smallest absolute Gasteiger partial charge is 0.243 e. The first-order valence-electron chi connectivity index (χ1n) is 12.4. The number of halogens is 1. The van der Waals surface area contributed by atoms with Gasteiger partial charge in [-0.05, 0) is 56.2 Å². The monoisotopic (exact) mass is 557 g/mol. The van der Waals surface area contributed by atoms with Gasteiger partial charge in [0.05, 0.1) is 16.5 Å². The predicted molar refractivity (Wildman–Crippen MR) is 143 cm³/mol. The summed E-state index contributed by atoms with van der Waals surface area (Å²) in [5.41, 5.74) is 0.944. The molecule has 9 heteroatoms. The molecule has 2 heterocycles. The zero-order valence-electron chi connectivity index (χ0n) is 20.0. The van der Waals surface area contributed by atoms with E-state index in [1.807, 2.05) is 18.2 Å². The number of piperazine rings is 1. The molecule has 0 amide bonds. The minimum absolute atomic E-state index is 0.0101. The van der Waals surface area contributed by atoms with Crippen LogP contribution in [0.5, 0.6) is 0 Å².